The van der Waals surface area contributed by atoms with E-state index in [0.717, 1.165) is 18.5 Å². The Bertz CT molecular complexity index is 884. The highest BCUT2D eigenvalue weighted by Gasteiger charge is 2.18. The molecule has 1 fully saturated rings. The zero-order chi connectivity index (χ0) is 19.9. The van der Waals surface area contributed by atoms with Crippen molar-refractivity contribution in [2.75, 3.05) is 5.32 Å². The molecule has 0 aliphatic heterocycles. The fraction of sp³-hybridized carbons (Fsp3) is 0.240. The predicted octanol–water partition coefficient (Wildman–Crippen LogP) is 4.90. The molecule has 2 N–H and O–H groups in total. The van der Waals surface area contributed by atoms with Gasteiger partial charge in [0.25, 0.3) is 0 Å². The Morgan fingerprint density at radius 3 is 1.93 bits per heavy atom. The third-order valence-electron chi connectivity index (χ3n) is 5.33. The van der Waals surface area contributed by atoms with Crippen LogP contribution in [0.1, 0.15) is 32.1 Å². The third kappa shape index (κ3) is 5.25. The van der Waals surface area contributed by atoms with E-state index in [1.165, 1.54) is 35.2 Å². The highest BCUT2D eigenvalue weighted by atomic mass is 31.1. The molecular weight excluding hydrogens is 375 g/mol. The first kappa shape index (κ1) is 19.7. The molecule has 4 heteroatoms. The van der Waals surface area contributed by atoms with E-state index in [0.29, 0.717) is 6.04 Å². The summed E-state index contributed by atoms with van der Waals surface area (Å²) in [5.41, 5.74) is 0.843. The number of benzene rings is 3. The summed E-state index contributed by atoms with van der Waals surface area (Å²) in [6, 6.07) is 29.7. The van der Waals surface area contributed by atoms with Gasteiger partial charge in [-0.15, -0.1) is 0 Å². The molecular formula is C25H27N2OP. The van der Waals surface area contributed by atoms with Gasteiger partial charge in [-0.05, 0) is 48.8 Å². The van der Waals surface area contributed by atoms with Crippen molar-refractivity contribution in [2.45, 2.75) is 38.1 Å². The van der Waals surface area contributed by atoms with Crippen LogP contribution in [0.15, 0.2) is 84.9 Å². The number of urea groups is 1. The summed E-state index contributed by atoms with van der Waals surface area (Å²) < 4.78 is 0. The van der Waals surface area contributed by atoms with Crippen molar-refractivity contribution < 1.29 is 4.79 Å². The monoisotopic (exact) mass is 402 g/mol. The molecule has 3 nitrogen and oxygen atoms in total. The Morgan fingerprint density at radius 1 is 0.724 bits per heavy atom. The second-order valence-electron chi connectivity index (χ2n) is 7.49. The van der Waals surface area contributed by atoms with Crippen LogP contribution < -0.4 is 26.5 Å². The van der Waals surface area contributed by atoms with Crippen LogP contribution in [0.3, 0.4) is 0 Å². The van der Waals surface area contributed by atoms with Crippen molar-refractivity contribution in [1.82, 2.24) is 5.32 Å². The topological polar surface area (TPSA) is 41.1 Å². The Balaban J connectivity index is 1.56. The van der Waals surface area contributed by atoms with E-state index in [-0.39, 0.29) is 6.03 Å². The molecule has 1 aliphatic carbocycles. The summed E-state index contributed by atoms with van der Waals surface area (Å²) in [6.07, 6.45) is 5.86. The fourth-order valence-electron chi connectivity index (χ4n) is 3.92. The van der Waals surface area contributed by atoms with Gasteiger partial charge in [0.1, 0.15) is 0 Å². The van der Waals surface area contributed by atoms with Crippen LogP contribution >= 0.6 is 7.92 Å². The van der Waals surface area contributed by atoms with E-state index >= 15 is 0 Å². The molecule has 1 saturated carbocycles. The predicted molar refractivity (Wildman–Crippen MR) is 124 cm³/mol. The van der Waals surface area contributed by atoms with E-state index in [9.17, 15) is 4.79 Å². The van der Waals surface area contributed by atoms with Crippen LogP contribution in [0.2, 0.25) is 0 Å². The van der Waals surface area contributed by atoms with Crippen LogP contribution in [0.25, 0.3) is 0 Å². The molecule has 2 amide bonds. The molecule has 4 rings (SSSR count). The molecule has 29 heavy (non-hydrogen) atoms. The number of amides is 2. The van der Waals surface area contributed by atoms with Crippen LogP contribution in [0.4, 0.5) is 10.5 Å². The molecule has 0 atom stereocenters. The van der Waals surface area contributed by atoms with Gasteiger partial charge in [-0.2, -0.15) is 0 Å². The van der Waals surface area contributed by atoms with Gasteiger partial charge in [0, 0.05) is 11.7 Å². The van der Waals surface area contributed by atoms with Crippen molar-refractivity contribution in [2.24, 2.45) is 0 Å². The lowest BCUT2D eigenvalue weighted by molar-refractivity contribution is 0.244. The number of hydrogen-bond donors (Lipinski definition) is 2. The quantitative estimate of drug-likeness (QED) is 0.586. The maximum Gasteiger partial charge on any atom is 0.319 e. The van der Waals surface area contributed by atoms with Gasteiger partial charge in [-0.25, -0.2) is 4.79 Å². The van der Waals surface area contributed by atoms with Gasteiger partial charge < -0.3 is 10.6 Å². The summed E-state index contributed by atoms with van der Waals surface area (Å²) in [5.74, 6) is 0. The van der Waals surface area contributed by atoms with Gasteiger partial charge in [0.05, 0.1) is 0 Å². The summed E-state index contributed by atoms with van der Waals surface area (Å²) >= 11 is 0. The van der Waals surface area contributed by atoms with E-state index in [2.05, 4.69) is 83.4 Å². The largest absolute Gasteiger partial charge is 0.335 e. The smallest absolute Gasteiger partial charge is 0.319 e. The molecule has 0 bridgehead atoms. The van der Waals surface area contributed by atoms with Crippen molar-refractivity contribution in [3.8, 4) is 0 Å². The summed E-state index contributed by atoms with van der Waals surface area (Å²) in [5, 5.41) is 10.0. The minimum absolute atomic E-state index is 0.0993. The highest BCUT2D eigenvalue weighted by molar-refractivity contribution is 7.79. The second-order valence-corrected chi connectivity index (χ2v) is 9.71. The molecule has 0 radical (unpaired) electrons. The van der Waals surface area contributed by atoms with E-state index in [1.54, 1.807) is 0 Å². The SMILES string of the molecule is O=C(Nc1cccc(P(c2ccccc2)c2ccccc2)c1)NC1CCCCC1. The molecule has 0 heterocycles. The number of carbonyl (C=O) groups excluding carboxylic acids is 1. The van der Waals surface area contributed by atoms with E-state index in [4.69, 9.17) is 0 Å². The Morgan fingerprint density at radius 2 is 1.31 bits per heavy atom. The standard InChI is InChI=1S/C25H27N2OP/c28-25(26-20-11-4-1-5-12-20)27-21-13-10-18-24(19-21)29(22-14-6-2-7-15-22)23-16-8-3-9-17-23/h2-3,6-10,13-20H,1,4-5,11-12H2,(H2,26,27,28). The minimum Gasteiger partial charge on any atom is -0.335 e. The number of nitrogens with one attached hydrogen (secondary N) is 2. The lowest BCUT2D eigenvalue weighted by Gasteiger charge is -2.23. The van der Waals surface area contributed by atoms with Crippen molar-refractivity contribution >= 4 is 35.6 Å². The average molecular weight is 402 g/mol. The first-order valence-corrected chi connectivity index (χ1v) is 11.7. The summed E-state index contributed by atoms with van der Waals surface area (Å²) in [7, 11) is -0.675. The Labute approximate surface area is 174 Å². The number of carbonyl (C=O) groups is 1. The number of rotatable bonds is 5. The maximum absolute atomic E-state index is 12.5. The van der Waals surface area contributed by atoms with Crippen LogP contribution in [-0.2, 0) is 0 Å². The maximum atomic E-state index is 12.5. The highest BCUT2D eigenvalue weighted by Crippen LogP contribution is 2.33. The molecule has 3 aromatic rings. The fourth-order valence-corrected chi connectivity index (χ4v) is 6.26. The van der Waals surface area contributed by atoms with Crippen molar-refractivity contribution in [1.29, 1.82) is 0 Å². The lowest BCUT2D eigenvalue weighted by atomic mass is 9.96. The van der Waals surface area contributed by atoms with Crippen molar-refractivity contribution in [3.63, 3.8) is 0 Å². The van der Waals surface area contributed by atoms with Gasteiger partial charge in [-0.3, -0.25) is 0 Å². The first-order valence-electron chi connectivity index (χ1n) is 10.4. The lowest BCUT2D eigenvalue weighted by Crippen LogP contribution is -2.39. The zero-order valence-corrected chi connectivity index (χ0v) is 17.4. The second kappa shape index (κ2) is 9.71. The van der Waals surface area contributed by atoms with E-state index in [1.807, 2.05) is 12.1 Å². The molecule has 0 spiro atoms. The molecule has 0 saturated heterocycles. The Kier molecular flexibility index (Phi) is 6.59. The van der Waals surface area contributed by atoms with Gasteiger partial charge in [-0.1, -0.05) is 92.1 Å². The van der Waals surface area contributed by atoms with Crippen LogP contribution in [0, 0.1) is 0 Å². The molecule has 148 valence electrons. The van der Waals surface area contributed by atoms with Crippen molar-refractivity contribution in [3.05, 3.63) is 84.9 Å². The molecule has 3 aromatic carbocycles. The van der Waals surface area contributed by atoms with Gasteiger partial charge in [0.2, 0.25) is 0 Å². The Hall–Kier alpha value is -2.64. The first-order chi connectivity index (χ1) is 14.3. The number of anilines is 1. The molecule has 0 aromatic heterocycles. The van der Waals surface area contributed by atoms with Gasteiger partial charge >= 0.3 is 6.03 Å². The summed E-state index contributed by atoms with van der Waals surface area (Å²) in [4.78, 5) is 12.5. The van der Waals surface area contributed by atoms with E-state index < -0.39 is 7.92 Å². The molecule has 1 aliphatic rings. The van der Waals surface area contributed by atoms with Gasteiger partial charge in [0.15, 0.2) is 0 Å². The number of hydrogen-bond acceptors (Lipinski definition) is 1. The molecule has 0 unspecified atom stereocenters. The zero-order valence-electron chi connectivity index (χ0n) is 16.6. The van der Waals surface area contributed by atoms with Crippen LogP contribution in [-0.4, -0.2) is 12.1 Å². The normalized spacial score (nSPS) is 14.5. The summed E-state index contributed by atoms with van der Waals surface area (Å²) in [6.45, 7) is 0. The average Bonchev–Trinajstić information content (AvgIpc) is 2.76. The van der Waals surface area contributed by atoms with Crippen LogP contribution in [0.5, 0.6) is 0 Å². The third-order valence-corrected chi connectivity index (χ3v) is 7.76. The minimum atomic E-state index is -0.675.